The van der Waals surface area contributed by atoms with Crippen molar-refractivity contribution in [3.63, 3.8) is 0 Å². The van der Waals surface area contributed by atoms with Crippen molar-refractivity contribution in [1.82, 2.24) is 5.32 Å². The summed E-state index contributed by atoms with van der Waals surface area (Å²) in [6, 6.07) is 2.00. The first-order chi connectivity index (χ1) is 7.83. The van der Waals surface area contributed by atoms with Crippen molar-refractivity contribution in [2.75, 3.05) is 13.1 Å². The van der Waals surface area contributed by atoms with Crippen LogP contribution in [0, 0.1) is 11.3 Å². The summed E-state index contributed by atoms with van der Waals surface area (Å²) in [5.41, 5.74) is -1.01. The Hall–Kier alpha value is -1.12. The van der Waals surface area contributed by atoms with Crippen molar-refractivity contribution in [1.29, 1.82) is 5.26 Å². The lowest BCUT2D eigenvalue weighted by Crippen LogP contribution is -2.41. The highest BCUT2D eigenvalue weighted by atomic mass is 16.5. The number of carbonyl (C=O) groups excluding carboxylic acids is 1. The van der Waals surface area contributed by atoms with Crippen LogP contribution >= 0.6 is 0 Å². The maximum absolute atomic E-state index is 9.61. The van der Waals surface area contributed by atoms with Crippen LogP contribution in [0.5, 0.6) is 0 Å². The molecule has 1 rings (SSSR count). The standard InChI is InChI=1S/C7H12N2O.C5H10O2/c8-4-1-7(10)2-5-9-6-3-7;1-5(2,3)7-4-6/h9-10H,1-3,5-6H2;4H,1-3H3. The lowest BCUT2D eigenvalue weighted by molar-refractivity contribution is -0.138. The number of nitrogens with zero attached hydrogens (tertiary/aromatic N) is 1. The average Bonchev–Trinajstić information content (AvgIpc) is 2.17. The van der Waals surface area contributed by atoms with Gasteiger partial charge in [-0.15, -0.1) is 0 Å². The zero-order chi connectivity index (χ0) is 13.4. The van der Waals surface area contributed by atoms with Crippen LogP contribution in [0.25, 0.3) is 0 Å². The number of hydrogen-bond acceptors (Lipinski definition) is 5. The first kappa shape index (κ1) is 15.9. The minimum absolute atomic E-state index is 0.272. The molecular weight excluding hydrogens is 220 g/mol. The first-order valence-electron chi connectivity index (χ1n) is 5.74. The third-order valence-corrected chi connectivity index (χ3v) is 2.34. The summed E-state index contributed by atoms with van der Waals surface area (Å²) in [6.07, 6.45) is 1.69. The Morgan fingerprint density at radius 2 is 2.00 bits per heavy atom. The lowest BCUT2D eigenvalue weighted by Gasteiger charge is -2.29. The fourth-order valence-corrected chi connectivity index (χ4v) is 1.36. The SMILES string of the molecule is CC(C)(C)OC=O.N#CCC1(O)CCNCC1. The highest BCUT2D eigenvalue weighted by molar-refractivity contribution is 5.37. The average molecular weight is 242 g/mol. The van der Waals surface area contributed by atoms with E-state index in [1.165, 1.54) is 0 Å². The maximum Gasteiger partial charge on any atom is 0.293 e. The second kappa shape index (κ2) is 7.25. The smallest absolute Gasteiger partial charge is 0.293 e. The predicted octanol–water partition coefficient (Wildman–Crippen LogP) is 0.972. The number of aliphatic hydroxyl groups is 1. The van der Waals surface area contributed by atoms with Crippen LogP contribution in [-0.2, 0) is 9.53 Å². The molecule has 0 saturated carbocycles. The molecule has 1 aliphatic heterocycles. The van der Waals surface area contributed by atoms with Crippen LogP contribution in [-0.4, -0.2) is 35.9 Å². The van der Waals surface area contributed by atoms with Gasteiger partial charge in [0.2, 0.25) is 0 Å². The third kappa shape index (κ3) is 8.66. The molecule has 0 radical (unpaired) electrons. The second-order valence-electron chi connectivity index (χ2n) is 5.14. The van der Waals surface area contributed by atoms with Gasteiger partial charge in [0.15, 0.2) is 0 Å². The van der Waals surface area contributed by atoms with Gasteiger partial charge in [-0.2, -0.15) is 5.26 Å². The molecule has 0 aromatic heterocycles. The van der Waals surface area contributed by atoms with E-state index in [0.29, 0.717) is 19.3 Å². The largest absolute Gasteiger partial charge is 0.462 e. The number of piperidine rings is 1. The summed E-state index contributed by atoms with van der Waals surface area (Å²) in [5, 5.41) is 21.1. The van der Waals surface area contributed by atoms with E-state index in [0.717, 1.165) is 13.1 Å². The Morgan fingerprint density at radius 3 is 2.29 bits per heavy atom. The van der Waals surface area contributed by atoms with Crippen LogP contribution in [0.15, 0.2) is 0 Å². The molecular formula is C12H22N2O3. The molecule has 1 aliphatic rings. The molecule has 0 spiro atoms. The maximum atomic E-state index is 9.61. The minimum atomic E-state index is -0.694. The number of rotatable bonds is 2. The van der Waals surface area contributed by atoms with Gasteiger partial charge in [-0.05, 0) is 46.7 Å². The molecule has 1 fully saturated rings. The fourth-order valence-electron chi connectivity index (χ4n) is 1.36. The summed E-state index contributed by atoms with van der Waals surface area (Å²) < 4.78 is 4.55. The van der Waals surface area contributed by atoms with Crippen molar-refractivity contribution in [2.24, 2.45) is 0 Å². The summed E-state index contributed by atoms with van der Waals surface area (Å²) in [6.45, 7) is 7.58. The van der Waals surface area contributed by atoms with E-state index in [1.807, 2.05) is 26.8 Å². The highest BCUT2D eigenvalue weighted by Gasteiger charge is 2.28. The zero-order valence-corrected chi connectivity index (χ0v) is 10.8. The zero-order valence-electron chi connectivity index (χ0n) is 10.8. The highest BCUT2D eigenvalue weighted by Crippen LogP contribution is 2.20. The number of nitrogens with one attached hydrogen (secondary N) is 1. The van der Waals surface area contributed by atoms with Gasteiger partial charge in [0.25, 0.3) is 6.47 Å². The van der Waals surface area contributed by atoms with Crippen molar-refractivity contribution < 1.29 is 14.6 Å². The molecule has 2 N–H and O–H groups in total. The van der Waals surface area contributed by atoms with Crippen molar-refractivity contribution in [2.45, 2.75) is 51.2 Å². The first-order valence-corrected chi connectivity index (χ1v) is 5.74. The van der Waals surface area contributed by atoms with Crippen LogP contribution in [0.2, 0.25) is 0 Å². The van der Waals surface area contributed by atoms with E-state index in [-0.39, 0.29) is 12.0 Å². The molecule has 0 bridgehead atoms. The number of carbonyl (C=O) groups is 1. The summed E-state index contributed by atoms with van der Waals surface area (Å²) in [4.78, 5) is 9.60. The van der Waals surface area contributed by atoms with E-state index in [9.17, 15) is 9.90 Å². The Morgan fingerprint density at radius 1 is 1.47 bits per heavy atom. The monoisotopic (exact) mass is 242 g/mol. The normalized spacial score (nSPS) is 18.3. The van der Waals surface area contributed by atoms with Crippen LogP contribution < -0.4 is 5.32 Å². The number of ether oxygens (including phenoxy) is 1. The molecule has 1 saturated heterocycles. The van der Waals surface area contributed by atoms with Gasteiger partial charge < -0.3 is 15.2 Å². The molecule has 0 aliphatic carbocycles. The van der Waals surface area contributed by atoms with E-state index < -0.39 is 5.60 Å². The quantitative estimate of drug-likeness (QED) is 0.705. The van der Waals surface area contributed by atoms with Gasteiger partial charge in [0.05, 0.1) is 18.1 Å². The van der Waals surface area contributed by atoms with Gasteiger partial charge in [0.1, 0.15) is 5.60 Å². The van der Waals surface area contributed by atoms with Crippen molar-refractivity contribution >= 4 is 6.47 Å². The molecule has 17 heavy (non-hydrogen) atoms. The molecule has 5 nitrogen and oxygen atoms in total. The fraction of sp³-hybridized carbons (Fsp3) is 0.833. The Bertz CT molecular complexity index is 260. The van der Waals surface area contributed by atoms with Crippen molar-refractivity contribution in [3.8, 4) is 6.07 Å². The third-order valence-electron chi connectivity index (χ3n) is 2.34. The van der Waals surface area contributed by atoms with E-state index >= 15 is 0 Å². The van der Waals surface area contributed by atoms with E-state index in [4.69, 9.17) is 5.26 Å². The predicted molar refractivity (Wildman–Crippen MR) is 64.2 cm³/mol. The van der Waals surface area contributed by atoms with Crippen LogP contribution in [0.3, 0.4) is 0 Å². The van der Waals surface area contributed by atoms with Crippen LogP contribution in [0.1, 0.15) is 40.0 Å². The molecule has 98 valence electrons. The molecule has 0 aromatic rings. The van der Waals surface area contributed by atoms with E-state index in [1.54, 1.807) is 0 Å². The topological polar surface area (TPSA) is 82.4 Å². The Balaban J connectivity index is 0.000000325. The van der Waals surface area contributed by atoms with Gasteiger partial charge in [0, 0.05) is 0 Å². The minimum Gasteiger partial charge on any atom is -0.462 e. The van der Waals surface area contributed by atoms with Crippen LogP contribution in [0.4, 0.5) is 0 Å². The summed E-state index contributed by atoms with van der Waals surface area (Å²) >= 11 is 0. The molecule has 1 heterocycles. The van der Waals surface area contributed by atoms with Gasteiger partial charge >= 0.3 is 0 Å². The number of hydrogen-bond donors (Lipinski definition) is 2. The molecule has 0 unspecified atom stereocenters. The molecule has 5 heteroatoms. The van der Waals surface area contributed by atoms with Gasteiger partial charge in [-0.25, -0.2) is 0 Å². The Labute approximate surface area is 103 Å². The summed E-state index contributed by atoms with van der Waals surface area (Å²) in [5.74, 6) is 0. The second-order valence-corrected chi connectivity index (χ2v) is 5.14. The lowest BCUT2D eigenvalue weighted by atomic mass is 9.90. The van der Waals surface area contributed by atoms with Gasteiger partial charge in [-0.1, -0.05) is 0 Å². The molecule has 0 aromatic carbocycles. The Kier molecular flexibility index (Phi) is 6.78. The van der Waals surface area contributed by atoms with Crippen molar-refractivity contribution in [3.05, 3.63) is 0 Å². The number of nitriles is 1. The molecule has 0 atom stereocenters. The summed E-state index contributed by atoms with van der Waals surface area (Å²) in [7, 11) is 0. The molecule has 0 amide bonds. The van der Waals surface area contributed by atoms with E-state index in [2.05, 4.69) is 10.1 Å². The van der Waals surface area contributed by atoms with Gasteiger partial charge in [-0.3, -0.25) is 4.79 Å².